The Morgan fingerprint density at radius 3 is 2.68 bits per heavy atom. The fourth-order valence-corrected chi connectivity index (χ4v) is 4.61. The molecule has 6 nitrogen and oxygen atoms in total. The summed E-state index contributed by atoms with van der Waals surface area (Å²) >= 11 is 0. The van der Waals surface area contributed by atoms with Gasteiger partial charge in [-0.3, -0.25) is 9.69 Å². The summed E-state index contributed by atoms with van der Waals surface area (Å²) in [5, 5.41) is 2.85. The Hall–Kier alpha value is -3.07. The van der Waals surface area contributed by atoms with Gasteiger partial charge in [-0.1, -0.05) is 18.2 Å². The Kier molecular flexibility index (Phi) is 4.85. The van der Waals surface area contributed by atoms with Gasteiger partial charge in [0.1, 0.15) is 11.6 Å². The topological polar surface area (TPSA) is 70.2 Å². The van der Waals surface area contributed by atoms with Gasteiger partial charge in [0.2, 0.25) is 0 Å². The number of nitrogens with one attached hydrogen (secondary N) is 2. The first-order valence-electron chi connectivity index (χ1n) is 10.2. The zero-order valence-corrected chi connectivity index (χ0v) is 16.5. The summed E-state index contributed by atoms with van der Waals surface area (Å²) in [4.78, 5) is 22.7. The highest BCUT2D eigenvalue weighted by molar-refractivity contribution is 5.94. The Balaban J connectivity index is 1.10. The number of amides is 1. The van der Waals surface area contributed by atoms with E-state index in [4.69, 9.17) is 0 Å². The van der Waals surface area contributed by atoms with E-state index in [2.05, 4.69) is 24.9 Å². The number of likely N-dealkylation sites (tertiary alicyclic amines) is 1. The lowest BCUT2D eigenvalue weighted by Gasteiger charge is -2.18. The maximum Gasteiger partial charge on any atom is 0.573 e. The lowest BCUT2D eigenvalue weighted by molar-refractivity contribution is -0.274. The first-order chi connectivity index (χ1) is 14.9. The van der Waals surface area contributed by atoms with Gasteiger partial charge in [0.05, 0.1) is 17.6 Å². The molecule has 2 N–H and O–H groups in total. The van der Waals surface area contributed by atoms with E-state index in [-0.39, 0.29) is 5.56 Å². The molecule has 2 atom stereocenters. The normalized spacial score (nSPS) is 23.0. The van der Waals surface area contributed by atoms with Crippen LogP contribution in [0.2, 0.25) is 0 Å². The third-order valence-corrected chi connectivity index (χ3v) is 6.09. The Morgan fingerprint density at radius 2 is 1.94 bits per heavy atom. The molecular formula is C22H21F3N4O2. The van der Waals surface area contributed by atoms with Gasteiger partial charge in [0.25, 0.3) is 5.91 Å². The van der Waals surface area contributed by atoms with Crippen LogP contribution >= 0.6 is 0 Å². The first kappa shape index (κ1) is 19.9. The Labute approximate surface area is 176 Å². The number of imidazole rings is 1. The van der Waals surface area contributed by atoms with Crippen LogP contribution in [0.15, 0.2) is 48.5 Å². The number of fused-ring (bicyclic) bond motifs is 2. The van der Waals surface area contributed by atoms with E-state index in [1.807, 2.05) is 24.3 Å². The molecular weight excluding hydrogens is 409 g/mol. The van der Waals surface area contributed by atoms with Crippen LogP contribution in [0.3, 0.4) is 0 Å². The number of aromatic amines is 1. The molecule has 1 aromatic heterocycles. The standard InChI is InChI=1S/C22H21F3N4O2/c23-22(24,25)31-14-5-3-4-13(8-14)21(30)26-9-15-16-10-29(11-17(15)16)12-20-27-18-6-1-2-7-19(18)28-20/h1-8,15-17H,9-12H2,(H,26,30)(H,27,28). The van der Waals surface area contributed by atoms with Crippen molar-refractivity contribution >= 4 is 16.9 Å². The van der Waals surface area contributed by atoms with Crippen molar-refractivity contribution in [2.45, 2.75) is 12.9 Å². The highest BCUT2D eigenvalue weighted by Crippen LogP contribution is 2.51. The van der Waals surface area contributed by atoms with Gasteiger partial charge in [-0.2, -0.15) is 0 Å². The number of H-pyrrole nitrogens is 1. The summed E-state index contributed by atoms with van der Waals surface area (Å²) in [6.45, 7) is 3.21. The monoisotopic (exact) mass is 430 g/mol. The van der Waals surface area contributed by atoms with Gasteiger partial charge in [-0.25, -0.2) is 4.98 Å². The highest BCUT2D eigenvalue weighted by atomic mass is 19.4. The molecule has 2 aromatic carbocycles. The summed E-state index contributed by atoms with van der Waals surface area (Å²) in [7, 11) is 0. The summed E-state index contributed by atoms with van der Waals surface area (Å²) in [5.74, 6) is 1.63. The smallest absolute Gasteiger partial charge is 0.406 e. The van der Waals surface area contributed by atoms with Crippen LogP contribution in [0.1, 0.15) is 16.2 Å². The zero-order valence-electron chi connectivity index (χ0n) is 16.5. The molecule has 2 heterocycles. The van der Waals surface area contributed by atoms with E-state index in [1.165, 1.54) is 18.2 Å². The van der Waals surface area contributed by atoms with Crippen molar-refractivity contribution in [2.24, 2.45) is 17.8 Å². The van der Waals surface area contributed by atoms with E-state index in [1.54, 1.807) is 0 Å². The van der Waals surface area contributed by atoms with Gasteiger partial charge in [0, 0.05) is 25.2 Å². The number of carbonyl (C=O) groups is 1. The highest BCUT2D eigenvalue weighted by Gasteiger charge is 2.55. The molecule has 2 fully saturated rings. The number of halogens is 3. The van der Waals surface area contributed by atoms with E-state index in [0.717, 1.165) is 42.6 Å². The predicted molar refractivity (Wildman–Crippen MR) is 107 cm³/mol. The van der Waals surface area contributed by atoms with E-state index < -0.39 is 18.0 Å². The van der Waals surface area contributed by atoms with Crippen LogP contribution in [-0.2, 0) is 6.54 Å². The third-order valence-electron chi connectivity index (χ3n) is 6.09. The van der Waals surface area contributed by atoms with Crippen molar-refractivity contribution in [3.05, 3.63) is 59.9 Å². The molecule has 0 spiro atoms. The largest absolute Gasteiger partial charge is 0.573 e. The number of hydrogen-bond acceptors (Lipinski definition) is 4. The molecule has 31 heavy (non-hydrogen) atoms. The van der Waals surface area contributed by atoms with Gasteiger partial charge < -0.3 is 15.0 Å². The van der Waals surface area contributed by atoms with Gasteiger partial charge in [0.15, 0.2) is 0 Å². The van der Waals surface area contributed by atoms with Crippen LogP contribution < -0.4 is 10.1 Å². The van der Waals surface area contributed by atoms with Crippen molar-refractivity contribution in [1.82, 2.24) is 20.2 Å². The second kappa shape index (κ2) is 7.56. The molecule has 2 unspecified atom stereocenters. The number of aromatic nitrogens is 2. The SMILES string of the molecule is O=C(NCC1C2CN(Cc3nc4ccccc4[nH]3)CC12)c1cccc(OC(F)(F)F)c1. The summed E-state index contributed by atoms with van der Waals surface area (Å²) in [5.41, 5.74) is 2.15. The quantitative estimate of drug-likeness (QED) is 0.627. The predicted octanol–water partition coefficient (Wildman–Crippen LogP) is 3.57. The van der Waals surface area contributed by atoms with Crippen molar-refractivity contribution in [1.29, 1.82) is 0 Å². The fraction of sp³-hybridized carbons (Fsp3) is 0.364. The second-order valence-electron chi connectivity index (χ2n) is 8.17. The number of nitrogens with zero attached hydrogens (tertiary/aromatic N) is 2. The Bertz CT molecular complexity index is 1070. The van der Waals surface area contributed by atoms with E-state index in [9.17, 15) is 18.0 Å². The number of para-hydroxylation sites is 2. The molecule has 162 valence electrons. The number of hydrogen-bond donors (Lipinski definition) is 2. The number of alkyl halides is 3. The van der Waals surface area contributed by atoms with Crippen LogP contribution in [0.4, 0.5) is 13.2 Å². The van der Waals surface area contributed by atoms with Gasteiger partial charge >= 0.3 is 6.36 Å². The Morgan fingerprint density at radius 1 is 1.16 bits per heavy atom. The summed E-state index contributed by atoms with van der Waals surface area (Å²) in [6.07, 6.45) is -4.78. The van der Waals surface area contributed by atoms with Crippen molar-refractivity contribution in [2.75, 3.05) is 19.6 Å². The van der Waals surface area contributed by atoms with Crippen molar-refractivity contribution < 1.29 is 22.7 Å². The molecule has 0 bridgehead atoms. The van der Waals surface area contributed by atoms with Gasteiger partial charge in [-0.05, 0) is 48.1 Å². The van der Waals surface area contributed by atoms with Crippen molar-refractivity contribution in [3.63, 3.8) is 0 Å². The zero-order chi connectivity index (χ0) is 21.6. The maximum absolute atomic E-state index is 12.4. The molecule has 0 radical (unpaired) electrons. The van der Waals surface area contributed by atoms with Crippen molar-refractivity contribution in [3.8, 4) is 5.75 Å². The third kappa shape index (κ3) is 4.36. The molecule has 5 rings (SSSR count). The average Bonchev–Trinajstić information content (AvgIpc) is 3.04. The van der Waals surface area contributed by atoms with E-state index in [0.29, 0.717) is 24.3 Å². The maximum atomic E-state index is 12.4. The minimum Gasteiger partial charge on any atom is -0.406 e. The fourth-order valence-electron chi connectivity index (χ4n) is 4.61. The number of rotatable bonds is 6. The minimum absolute atomic E-state index is 0.152. The van der Waals surface area contributed by atoms with Gasteiger partial charge in [-0.15, -0.1) is 13.2 Å². The number of benzene rings is 2. The number of piperidine rings is 1. The van der Waals surface area contributed by atoms with Crippen LogP contribution in [0, 0.1) is 17.8 Å². The number of ether oxygens (including phenoxy) is 1. The lowest BCUT2D eigenvalue weighted by Crippen LogP contribution is -2.30. The second-order valence-corrected chi connectivity index (χ2v) is 8.17. The molecule has 1 amide bonds. The summed E-state index contributed by atoms with van der Waals surface area (Å²) < 4.78 is 41.0. The number of carbonyl (C=O) groups excluding carboxylic acids is 1. The van der Waals surface area contributed by atoms with Crippen LogP contribution in [-0.4, -0.2) is 46.8 Å². The molecule has 1 aliphatic carbocycles. The average molecular weight is 430 g/mol. The molecule has 2 aliphatic rings. The lowest BCUT2D eigenvalue weighted by atomic mass is 10.2. The molecule has 1 saturated heterocycles. The van der Waals surface area contributed by atoms with Crippen LogP contribution in [0.25, 0.3) is 11.0 Å². The molecule has 1 aliphatic heterocycles. The molecule has 9 heteroatoms. The van der Waals surface area contributed by atoms with E-state index >= 15 is 0 Å². The summed E-state index contributed by atoms with van der Waals surface area (Å²) in [6, 6.07) is 13.1. The van der Waals surface area contributed by atoms with Crippen LogP contribution in [0.5, 0.6) is 5.75 Å². The minimum atomic E-state index is -4.78. The first-order valence-corrected chi connectivity index (χ1v) is 10.2. The molecule has 3 aromatic rings. The molecule has 1 saturated carbocycles.